The Morgan fingerprint density at radius 1 is 1.06 bits per heavy atom. The van der Waals surface area contributed by atoms with E-state index in [0.29, 0.717) is 17.8 Å². The molecular weight excluding hydrogens is 470 g/mol. The van der Waals surface area contributed by atoms with E-state index in [9.17, 15) is 19.2 Å². The lowest BCUT2D eigenvalue weighted by atomic mass is 10.0. The number of anilines is 2. The van der Waals surface area contributed by atoms with Crippen molar-refractivity contribution in [1.82, 2.24) is 4.90 Å². The van der Waals surface area contributed by atoms with Crippen LogP contribution in [0, 0.1) is 0 Å². The minimum Gasteiger partial charge on any atom is -0.462 e. The zero-order valence-electron chi connectivity index (χ0n) is 19.5. The highest BCUT2D eigenvalue weighted by Crippen LogP contribution is 2.31. The van der Waals surface area contributed by atoms with Gasteiger partial charge in [0.15, 0.2) is 0 Å². The second-order valence-corrected chi connectivity index (χ2v) is 8.83. The maximum Gasteiger partial charge on any atom is 0.338 e. The van der Waals surface area contributed by atoms with Gasteiger partial charge in [-0.05, 0) is 69.5 Å². The van der Waals surface area contributed by atoms with E-state index in [1.807, 2.05) is 11.8 Å². The van der Waals surface area contributed by atoms with Crippen molar-refractivity contribution in [2.75, 3.05) is 23.4 Å². The number of hydrogen-bond acceptors (Lipinski definition) is 6. The third-order valence-corrected chi connectivity index (χ3v) is 6.44. The third kappa shape index (κ3) is 4.93. The van der Waals surface area contributed by atoms with Crippen LogP contribution in [0.3, 0.4) is 0 Å². The molecule has 1 fully saturated rings. The number of hydrogen-bond donors (Lipinski definition) is 1. The summed E-state index contributed by atoms with van der Waals surface area (Å²) in [7, 11) is 0. The Balaban J connectivity index is 1.55. The summed E-state index contributed by atoms with van der Waals surface area (Å²) in [5.74, 6) is -2.01. The van der Waals surface area contributed by atoms with E-state index in [1.54, 1.807) is 37.3 Å². The molecule has 0 bridgehead atoms. The minimum atomic E-state index is -0.713. The Bertz CT molecular complexity index is 1220. The average Bonchev–Trinajstić information content (AvgIpc) is 3.07. The van der Waals surface area contributed by atoms with Gasteiger partial charge in [-0.3, -0.25) is 14.4 Å². The summed E-state index contributed by atoms with van der Waals surface area (Å²) in [5, 5.41) is 2.63. The number of amides is 3. The summed E-state index contributed by atoms with van der Waals surface area (Å²) in [6, 6.07) is 12.9. The largest absolute Gasteiger partial charge is 0.462 e. The molecule has 1 unspecified atom stereocenters. The third-order valence-electron chi connectivity index (χ3n) is 6.09. The molecule has 0 aromatic heterocycles. The van der Waals surface area contributed by atoms with Crippen molar-refractivity contribution in [2.24, 2.45) is 0 Å². The summed E-state index contributed by atoms with van der Waals surface area (Å²) < 4.78 is 4.99. The number of piperidine rings is 1. The number of nitrogens with zero attached hydrogens (tertiary/aromatic N) is 2. The number of esters is 1. The van der Waals surface area contributed by atoms with Crippen LogP contribution in [0.4, 0.5) is 11.4 Å². The molecule has 0 spiro atoms. The van der Waals surface area contributed by atoms with Crippen molar-refractivity contribution >= 4 is 46.7 Å². The zero-order chi connectivity index (χ0) is 25.1. The standard InChI is InChI=1S/C26H26ClN3O5/c1-3-35-26(34)18-10-7-12-20(15-18)30-24(32)21(27)22(25(30)33)28-19-11-6-9-17(14-19)23(31)29-13-5-4-8-16(29)2/h6-7,9-12,14-16,28H,3-5,8,13H2,1-2H3. The summed E-state index contributed by atoms with van der Waals surface area (Å²) in [5.41, 5.74) is 1.24. The molecule has 2 aromatic carbocycles. The smallest absolute Gasteiger partial charge is 0.338 e. The fourth-order valence-corrected chi connectivity index (χ4v) is 4.48. The van der Waals surface area contributed by atoms with Crippen LogP contribution < -0.4 is 10.2 Å². The average molecular weight is 496 g/mol. The van der Waals surface area contributed by atoms with Gasteiger partial charge in [0.25, 0.3) is 17.7 Å². The van der Waals surface area contributed by atoms with Gasteiger partial charge in [0.2, 0.25) is 0 Å². The molecule has 8 nitrogen and oxygen atoms in total. The molecule has 0 saturated carbocycles. The summed E-state index contributed by atoms with van der Waals surface area (Å²) in [6.45, 7) is 4.64. The quantitative estimate of drug-likeness (QED) is 0.474. The summed E-state index contributed by atoms with van der Waals surface area (Å²) >= 11 is 6.25. The first-order chi connectivity index (χ1) is 16.8. The van der Waals surface area contributed by atoms with Crippen molar-refractivity contribution in [3.05, 3.63) is 70.4 Å². The normalized spacial score (nSPS) is 18.2. The lowest BCUT2D eigenvalue weighted by molar-refractivity contribution is -0.120. The first-order valence-corrected chi connectivity index (χ1v) is 11.9. The predicted molar refractivity (Wildman–Crippen MR) is 132 cm³/mol. The van der Waals surface area contributed by atoms with Crippen LogP contribution in [0.1, 0.15) is 53.8 Å². The molecule has 182 valence electrons. The van der Waals surface area contributed by atoms with Crippen molar-refractivity contribution in [1.29, 1.82) is 0 Å². The van der Waals surface area contributed by atoms with Crippen molar-refractivity contribution in [3.8, 4) is 0 Å². The topological polar surface area (TPSA) is 96.0 Å². The van der Waals surface area contributed by atoms with Crippen molar-refractivity contribution in [3.63, 3.8) is 0 Å². The molecule has 2 aliphatic rings. The van der Waals surface area contributed by atoms with Crippen LogP contribution in [-0.2, 0) is 14.3 Å². The lowest BCUT2D eigenvalue weighted by Gasteiger charge is -2.33. The summed E-state index contributed by atoms with van der Waals surface area (Å²) in [4.78, 5) is 53.9. The van der Waals surface area contributed by atoms with Crippen molar-refractivity contribution in [2.45, 2.75) is 39.2 Å². The fraction of sp³-hybridized carbons (Fsp3) is 0.308. The van der Waals surface area contributed by atoms with Gasteiger partial charge in [-0.1, -0.05) is 23.7 Å². The number of carbonyl (C=O) groups excluding carboxylic acids is 4. The maximum absolute atomic E-state index is 13.2. The van der Waals surface area contributed by atoms with Gasteiger partial charge in [0, 0.05) is 23.8 Å². The van der Waals surface area contributed by atoms with Crippen LogP contribution >= 0.6 is 11.6 Å². The second-order valence-electron chi connectivity index (χ2n) is 8.45. The van der Waals surface area contributed by atoms with E-state index in [4.69, 9.17) is 16.3 Å². The molecule has 1 saturated heterocycles. The maximum atomic E-state index is 13.2. The molecule has 0 radical (unpaired) electrons. The van der Waals surface area contributed by atoms with E-state index < -0.39 is 17.8 Å². The molecule has 2 aliphatic heterocycles. The number of halogens is 1. The number of ether oxygens (including phenoxy) is 1. The van der Waals surface area contributed by atoms with Crippen LogP contribution in [0.25, 0.3) is 0 Å². The van der Waals surface area contributed by atoms with Gasteiger partial charge in [0.1, 0.15) is 10.7 Å². The van der Waals surface area contributed by atoms with Crippen LogP contribution in [0.2, 0.25) is 0 Å². The monoisotopic (exact) mass is 495 g/mol. The number of imide groups is 1. The Labute approximate surface area is 208 Å². The Morgan fingerprint density at radius 3 is 2.54 bits per heavy atom. The van der Waals surface area contributed by atoms with Gasteiger partial charge in [0.05, 0.1) is 17.9 Å². The molecule has 1 N–H and O–H groups in total. The Kier molecular flexibility index (Phi) is 7.21. The van der Waals surface area contributed by atoms with Crippen molar-refractivity contribution < 1.29 is 23.9 Å². The molecular formula is C26H26ClN3O5. The molecule has 4 rings (SSSR count). The van der Waals surface area contributed by atoms with E-state index in [0.717, 1.165) is 24.2 Å². The van der Waals surface area contributed by atoms with Gasteiger partial charge < -0.3 is 15.0 Å². The number of rotatable bonds is 6. The molecule has 9 heteroatoms. The van der Waals surface area contributed by atoms with Crippen LogP contribution in [0.5, 0.6) is 0 Å². The van der Waals surface area contributed by atoms with E-state index in [-0.39, 0.29) is 40.5 Å². The van der Waals surface area contributed by atoms with E-state index >= 15 is 0 Å². The number of benzene rings is 2. The highest BCUT2D eigenvalue weighted by atomic mass is 35.5. The Hall–Kier alpha value is -3.65. The molecule has 1 atom stereocenters. The number of nitrogens with one attached hydrogen (secondary N) is 1. The lowest BCUT2D eigenvalue weighted by Crippen LogP contribution is -2.42. The van der Waals surface area contributed by atoms with E-state index in [1.165, 1.54) is 18.2 Å². The minimum absolute atomic E-state index is 0.0767. The number of carbonyl (C=O) groups is 4. The SMILES string of the molecule is CCOC(=O)c1cccc(N2C(=O)C(Cl)=C(Nc3cccc(C(=O)N4CCCCC4C)c3)C2=O)c1. The number of likely N-dealkylation sites (tertiary alicyclic amines) is 1. The van der Waals surface area contributed by atoms with Crippen LogP contribution in [0.15, 0.2) is 59.3 Å². The molecule has 35 heavy (non-hydrogen) atoms. The fourth-order valence-electron chi connectivity index (χ4n) is 4.27. The van der Waals surface area contributed by atoms with E-state index in [2.05, 4.69) is 5.32 Å². The highest BCUT2D eigenvalue weighted by Gasteiger charge is 2.39. The molecule has 3 amide bonds. The van der Waals surface area contributed by atoms with Gasteiger partial charge in [-0.15, -0.1) is 0 Å². The highest BCUT2D eigenvalue weighted by molar-refractivity contribution is 6.53. The first-order valence-electron chi connectivity index (χ1n) is 11.6. The second kappa shape index (κ2) is 10.3. The molecule has 0 aliphatic carbocycles. The summed E-state index contributed by atoms with van der Waals surface area (Å²) in [6.07, 6.45) is 3.05. The molecule has 2 aromatic rings. The molecule has 2 heterocycles. The predicted octanol–water partition coefficient (Wildman–Crippen LogP) is 4.31. The van der Waals surface area contributed by atoms with Gasteiger partial charge >= 0.3 is 5.97 Å². The zero-order valence-corrected chi connectivity index (χ0v) is 20.3. The first kappa shape index (κ1) is 24.5. The Morgan fingerprint density at radius 2 is 1.80 bits per heavy atom. The van der Waals surface area contributed by atoms with Gasteiger partial charge in [-0.2, -0.15) is 0 Å². The van der Waals surface area contributed by atoms with Crippen LogP contribution in [-0.4, -0.2) is 47.8 Å². The van der Waals surface area contributed by atoms with Gasteiger partial charge in [-0.25, -0.2) is 9.69 Å².